The topological polar surface area (TPSA) is 98.8 Å². The van der Waals surface area contributed by atoms with Gasteiger partial charge in [-0.1, -0.05) is 84.4 Å². The predicted molar refractivity (Wildman–Crippen MR) is 225 cm³/mol. The van der Waals surface area contributed by atoms with Gasteiger partial charge in [-0.15, -0.1) is 0 Å². The molecule has 0 unspecified atom stereocenters. The fraction of sp³-hybridized carbons (Fsp3) is 0.133. The Balaban J connectivity index is 1.30. The van der Waals surface area contributed by atoms with Crippen LogP contribution >= 0.6 is 0 Å². The highest BCUT2D eigenvalue weighted by atomic mass is 15.0. The summed E-state index contributed by atoms with van der Waals surface area (Å²) in [5.41, 5.74) is 15.9. The highest BCUT2D eigenvalue weighted by molar-refractivity contribution is 5.84. The summed E-state index contributed by atoms with van der Waals surface area (Å²) in [5, 5.41) is 16.5. The molecule has 53 heavy (non-hydrogen) atoms. The van der Waals surface area contributed by atoms with Crippen molar-refractivity contribution in [2.75, 3.05) is 61.8 Å². The Hall–Kier alpha value is -6.67. The quantitative estimate of drug-likeness (QED) is 0.0912. The number of anilines is 5. The number of rotatable bonds is 11. The van der Waals surface area contributed by atoms with E-state index in [9.17, 15) is 0 Å². The lowest BCUT2D eigenvalue weighted by molar-refractivity contribution is 1.07. The van der Waals surface area contributed by atoms with Crippen LogP contribution in [0.4, 0.5) is 28.4 Å². The van der Waals surface area contributed by atoms with Crippen LogP contribution in [0.5, 0.6) is 0 Å². The molecule has 1 aromatic heterocycles. The van der Waals surface area contributed by atoms with Crippen molar-refractivity contribution in [1.29, 1.82) is 0 Å². The molecule has 264 valence electrons. The maximum atomic E-state index is 5.05. The first-order valence-electron chi connectivity index (χ1n) is 17.8. The zero-order chi connectivity index (χ0) is 36.9. The Labute approximate surface area is 311 Å². The fourth-order valence-corrected chi connectivity index (χ4v) is 6.59. The van der Waals surface area contributed by atoms with Crippen LogP contribution in [0.1, 0.15) is 5.56 Å². The number of benzene rings is 6. The van der Waals surface area contributed by atoms with E-state index >= 15 is 0 Å². The van der Waals surface area contributed by atoms with Crippen LogP contribution < -0.4 is 26.6 Å². The SMILES string of the molecule is CNc1ccc(NC)c(-c2ccc(-c3nc(-c4ccc(-c5cc(C)ccc5NC)cc4)nc(-c4ccc(-c5cc(NC)ccc5NC)cc4)n3)cc2)c1. The molecule has 0 fully saturated rings. The molecule has 0 amide bonds. The van der Waals surface area contributed by atoms with Gasteiger partial charge in [0.15, 0.2) is 17.5 Å². The summed E-state index contributed by atoms with van der Waals surface area (Å²) in [6, 6.07) is 44.3. The van der Waals surface area contributed by atoms with Crippen molar-refractivity contribution in [3.8, 4) is 67.5 Å². The van der Waals surface area contributed by atoms with Gasteiger partial charge in [-0.25, -0.2) is 15.0 Å². The summed E-state index contributed by atoms with van der Waals surface area (Å²) in [6.45, 7) is 2.11. The molecule has 0 radical (unpaired) electrons. The van der Waals surface area contributed by atoms with Crippen LogP contribution in [0.3, 0.4) is 0 Å². The van der Waals surface area contributed by atoms with Gasteiger partial charge in [0.25, 0.3) is 0 Å². The van der Waals surface area contributed by atoms with Crippen LogP contribution in [0.25, 0.3) is 67.5 Å². The summed E-state index contributed by atoms with van der Waals surface area (Å²) in [5.74, 6) is 1.83. The molecule has 1 heterocycles. The second kappa shape index (κ2) is 15.3. The molecule has 0 saturated heterocycles. The van der Waals surface area contributed by atoms with Crippen LogP contribution in [-0.2, 0) is 0 Å². The average Bonchev–Trinajstić information content (AvgIpc) is 3.23. The normalized spacial score (nSPS) is 10.8. The Kier molecular flexibility index (Phi) is 10.0. The van der Waals surface area contributed by atoms with E-state index in [1.807, 2.05) is 35.2 Å². The highest BCUT2D eigenvalue weighted by Crippen LogP contribution is 2.35. The minimum Gasteiger partial charge on any atom is -0.388 e. The third-order valence-corrected chi connectivity index (χ3v) is 9.60. The Bertz CT molecular complexity index is 2250. The maximum Gasteiger partial charge on any atom is 0.164 e. The second-order valence-corrected chi connectivity index (χ2v) is 12.9. The summed E-state index contributed by atoms with van der Waals surface area (Å²) >= 11 is 0. The van der Waals surface area contributed by atoms with Crippen molar-refractivity contribution in [1.82, 2.24) is 15.0 Å². The van der Waals surface area contributed by atoms with E-state index in [0.29, 0.717) is 17.5 Å². The van der Waals surface area contributed by atoms with Crippen molar-refractivity contribution >= 4 is 28.4 Å². The number of nitrogens with one attached hydrogen (secondary N) is 5. The first-order valence-corrected chi connectivity index (χ1v) is 17.8. The van der Waals surface area contributed by atoms with Crippen LogP contribution in [0, 0.1) is 6.92 Å². The molecule has 0 spiro atoms. The molecular formula is C45H44N8. The molecule has 8 nitrogen and oxygen atoms in total. The van der Waals surface area contributed by atoms with Crippen LogP contribution in [-0.4, -0.2) is 50.2 Å². The molecule has 0 aliphatic rings. The lowest BCUT2D eigenvalue weighted by atomic mass is 9.99. The first-order chi connectivity index (χ1) is 25.9. The molecule has 0 bridgehead atoms. The predicted octanol–water partition coefficient (Wildman–Crippen LogP) is 10.4. The van der Waals surface area contributed by atoms with Crippen molar-refractivity contribution in [3.63, 3.8) is 0 Å². The van der Waals surface area contributed by atoms with Crippen LogP contribution in [0.15, 0.2) is 127 Å². The largest absolute Gasteiger partial charge is 0.388 e. The number of hydrogen-bond acceptors (Lipinski definition) is 8. The van der Waals surface area contributed by atoms with E-state index in [2.05, 4.69) is 161 Å². The van der Waals surface area contributed by atoms with Crippen molar-refractivity contribution in [2.24, 2.45) is 0 Å². The average molecular weight is 697 g/mol. The van der Waals surface area contributed by atoms with Gasteiger partial charge in [0.2, 0.25) is 0 Å². The zero-order valence-corrected chi connectivity index (χ0v) is 31.0. The van der Waals surface area contributed by atoms with Crippen molar-refractivity contribution in [3.05, 3.63) is 133 Å². The molecule has 5 N–H and O–H groups in total. The van der Waals surface area contributed by atoms with E-state index in [-0.39, 0.29) is 0 Å². The van der Waals surface area contributed by atoms with Crippen molar-refractivity contribution in [2.45, 2.75) is 6.92 Å². The fourth-order valence-electron chi connectivity index (χ4n) is 6.59. The van der Waals surface area contributed by atoms with E-state index in [1.54, 1.807) is 0 Å². The van der Waals surface area contributed by atoms with Gasteiger partial charge in [-0.05, 0) is 72.1 Å². The summed E-state index contributed by atoms with van der Waals surface area (Å²) in [6.07, 6.45) is 0. The smallest absolute Gasteiger partial charge is 0.164 e. The number of hydrogen-bond donors (Lipinski definition) is 5. The van der Waals surface area contributed by atoms with Gasteiger partial charge >= 0.3 is 0 Å². The standard InChI is InChI=1S/C45H44N8/c1-28-7-22-40(48-4)37(25-28)29-8-14-32(15-9-29)43-51-44(33-16-10-30(11-17-33)38-26-35(46-2)20-23-41(38)49-5)53-45(52-43)34-18-12-31(13-19-34)39-27-36(47-3)21-24-42(39)50-6/h7-27,46-50H,1-6H3. The molecule has 0 aliphatic carbocycles. The van der Waals surface area contributed by atoms with Crippen molar-refractivity contribution < 1.29 is 0 Å². The highest BCUT2D eigenvalue weighted by Gasteiger charge is 2.15. The number of aryl methyl sites for hydroxylation is 1. The minimum atomic E-state index is 0.609. The van der Waals surface area contributed by atoms with Crippen LogP contribution in [0.2, 0.25) is 0 Å². The molecule has 6 aromatic carbocycles. The Morgan fingerprint density at radius 1 is 0.321 bits per heavy atom. The van der Waals surface area contributed by atoms with E-state index in [1.165, 1.54) is 5.56 Å². The Morgan fingerprint density at radius 3 is 0.943 bits per heavy atom. The summed E-state index contributed by atoms with van der Waals surface area (Å²) < 4.78 is 0. The molecule has 0 aliphatic heterocycles. The molecule has 0 saturated carbocycles. The van der Waals surface area contributed by atoms with Gasteiger partial charge in [-0.2, -0.15) is 0 Å². The van der Waals surface area contributed by atoms with Gasteiger partial charge in [0.1, 0.15) is 0 Å². The molecule has 0 atom stereocenters. The Morgan fingerprint density at radius 2 is 0.623 bits per heavy atom. The van der Waals surface area contributed by atoms with Gasteiger partial charge < -0.3 is 26.6 Å². The summed E-state index contributed by atoms with van der Waals surface area (Å²) in [4.78, 5) is 15.1. The lowest BCUT2D eigenvalue weighted by Gasteiger charge is -2.14. The molecule has 7 rings (SSSR count). The van der Waals surface area contributed by atoms with Gasteiger partial charge in [0.05, 0.1) is 0 Å². The third-order valence-electron chi connectivity index (χ3n) is 9.60. The lowest BCUT2D eigenvalue weighted by Crippen LogP contribution is -2.00. The number of nitrogens with zero attached hydrogens (tertiary/aromatic N) is 3. The van der Waals surface area contributed by atoms with Gasteiger partial charge in [-0.3, -0.25) is 0 Å². The summed E-state index contributed by atoms with van der Waals surface area (Å²) in [7, 11) is 9.70. The minimum absolute atomic E-state index is 0.609. The molecular weight excluding hydrogens is 653 g/mol. The monoisotopic (exact) mass is 696 g/mol. The first kappa shape index (κ1) is 34.8. The van der Waals surface area contributed by atoms with Gasteiger partial charge in [0, 0.05) is 97.1 Å². The molecule has 8 heteroatoms. The zero-order valence-electron chi connectivity index (χ0n) is 31.0. The number of aromatic nitrogens is 3. The molecule has 7 aromatic rings. The third kappa shape index (κ3) is 7.25. The van der Waals surface area contributed by atoms with E-state index in [4.69, 9.17) is 15.0 Å². The second-order valence-electron chi connectivity index (χ2n) is 12.9. The van der Waals surface area contributed by atoms with E-state index in [0.717, 1.165) is 78.5 Å². The van der Waals surface area contributed by atoms with E-state index < -0.39 is 0 Å². The maximum absolute atomic E-state index is 5.05.